The van der Waals surface area contributed by atoms with Crippen LogP contribution in [0.4, 0.5) is 0 Å². The van der Waals surface area contributed by atoms with Gasteiger partial charge in [-0.3, -0.25) is 9.59 Å². The molecule has 0 amide bonds. The van der Waals surface area contributed by atoms with Crippen molar-refractivity contribution in [1.82, 2.24) is 0 Å². The monoisotopic (exact) mass is 899 g/mol. The molecule has 5 heteroatoms. The van der Waals surface area contributed by atoms with Gasteiger partial charge in [0.25, 0.3) is 0 Å². The van der Waals surface area contributed by atoms with E-state index in [9.17, 15) is 9.59 Å². The van der Waals surface area contributed by atoms with E-state index in [2.05, 4.69) is 57.2 Å². The van der Waals surface area contributed by atoms with E-state index in [1.807, 2.05) is 0 Å². The summed E-state index contributed by atoms with van der Waals surface area (Å²) in [5.74, 6) is -0.335. The maximum absolute atomic E-state index is 12.7. The lowest BCUT2D eigenvalue weighted by Crippen LogP contribution is -2.29. The molecule has 0 N–H and O–H groups in total. The van der Waals surface area contributed by atoms with Crippen molar-refractivity contribution in [1.29, 1.82) is 0 Å². The minimum absolute atomic E-state index is 0.154. The van der Waals surface area contributed by atoms with Gasteiger partial charge in [-0.15, -0.1) is 0 Å². The molecule has 0 aliphatic rings. The van der Waals surface area contributed by atoms with Crippen molar-refractivity contribution < 1.29 is 23.8 Å². The number of carbonyl (C=O) groups is 2. The number of ether oxygens (including phenoxy) is 3. The Morgan fingerprint density at radius 1 is 0.344 bits per heavy atom. The van der Waals surface area contributed by atoms with Crippen molar-refractivity contribution in [3.05, 3.63) is 36.5 Å². The Labute approximate surface area is 400 Å². The minimum Gasteiger partial charge on any atom is -0.463 e. The predicted octanol–water partition coefficient (Wildman–Crippen LogP) is 19.4. The number of esters is 2. The van der Waals surface area contributed by atoms with Gasteiger partial charge in [-0.05, 0) is 51.4 Å². The Morgan fingerprint density at radius 2 is 0.641 bits per heavy atom. The van der Waals surface area contributed by atoms with Crippen LogP contribution in [0.25, 0.3) is 0 Å². The number of hydrogen-bond donors (Lipinski definition) is 0. The van der Waals surface area contributed by atoms with E-state index in [-0.39, 0.29) is 25.2 Å². The van der Waals surface area contributed by atoms with Crippen molar-refractivity contribution in [2.45, 2.75) is 309 Å². The lowest BCUT2D eigenvalue weighted by atomic mass is 10.0. The van der Waals surface area contributed by atoms with E-state index in [0.29, 0.717) is 19.4 Å². The molecular weight excluding hydrogens is 789 g/mol. The average molecular weight is 900 g/mol. The van der Waals surface area contributed by atoms with Gasteiger partial charge >= 0.3 is 11.9 Å². The summed E-state index contributed by atoms with van der Waals surface area (Å²) in [5.41, 5.74) is 0. The van der Waals surface area contributed by atoms with Gasteiger partial charge in [0, 0.05) is 19.4 Å². The highest BCUT2D eigenvalue weighted by Gasteiger charge is 2.16. The maximum Gasteiger partial charge on any atom is 0.305 e. The van der Waals surface area contributed by atoms with Gasteiger partial charge in [0.15, 0.2) is 0 Å². The fourth-order valence-corrected chi connectivity index (χ4v) is 8.44. The van der Waals surface area contributed by atoms with Gasteiger partial charge < -0.3 is 14.2 Å². The van der Waals surface area contributed by atoms with Gasteiger partial charge in [0.2, 0.25) is 0 Å². The first kappa shape index (κ1) is 62.1. The van der Waals surface area contributed by atoms with Crippen LogP contribution in [0.1, 0.15) is 303 Å². The molecule has 0 aromatic rings. The molecule has 64 heavy (non-hydrogen) atoms. The lowest BCUT2D eigenvalue weighted by Gasteiger charge is -2.18. The molecular formula is C59H110O5. The van der Waals surface area contributed by atoms with Crippen LogP contribution in [0, 0.1) is 0 Å². The predicted molar refractivity (Wildman–Crippen MR) is 279 cm³/mol. The molecule has 0 heterocycles. The van der Waals surface area contributed by atoms with E-state index in [1.54, 1.807) is 0 Å². The first-order valence-electron chi connectivity index (χ1n) is 28.5. The van der Waals surface area contributed by atoms with E-state index in [1.165, 1.54) is 199 Å². The summed E-state index contributed by atoms with van der Waals surface area (Å²) in [6.07, 6.45) is 67.6. The molecule has 0 radical (unpaired) electrons. The Bertz CT molecular complexity index is 1020. The van der Waals surface area contributed by atoms with Gasteiger partial charge in [0.05, 0.1) is 0 Å². The minimum atomic E-state index is -0.402. The second-order valence-corrected chi connectivity index (χ2v) is 19.2. The Balaban J connectivity index is 4.23. The normalized spacial score (nSPS) is 12.4. The molecule has 0 bridgehead atoms. The van der Waals surface area contributed by atoms with Gasteiger partial charge in [0.1, 0.15) is 19.3 Å². The maximum atomic E-state index is 12.7. The summed E-state index contributed by atoms with van der Waals surface area (Å²) in [6.45, 7) is 7.66. The largest absolute Gasteiger partial charge is 0.463 e. The molecule has 0 aromatic carbocycles. The van der Waals surface area contributed by atoms with Crippen molar-refractivity contribution >= 4 is 11.9 Å². The Morgan fingerprint density at radius 3 is 1.00 bits per heavy atom. The van der Waals surface area contributed by atoms with E-state index >= 15 is 0 Å². The smallest absolute Gasteiger partial charge is 0.305 e. The molecule has 376 valence electrons. The summed E-state index contributed by atoms with van der Waals surface area (Å²) in [5, 5.41) is 0. The van der Waals surface area contributed by atoms with Crippen LogP contribution >= 0.6 is 0 Å². The molecule has 0 spiro atoms. The highest BCUT2D eigenvalue weighted by atomic mass is 16.6. The van der Waals surface area contributed by atoms with Crippen molar-refractivity contribution in [2.24, 2.45) is 0 Å². The van der Waals surface area contributed by atoms with Crippen LogP contribution in [-0.2, 0) is 23.8 Å². The SMILES string of the molecule is CC/C=C\C/C=C\C/C=C\CCCCCCCC(=O)OC[C@H](COC(=O)CCCCCCCCCCCCCCCCCCC)OCCCCCCCCCCCCCCCCCC. The van der Waals surface area contributed by atoms with Crippen LogP contribution in [0.3, 0.4) is 0 Å². The summed E-state index contributed by atoms with van der Waals surface area (Å²) in [7, 11) is 0. The molecule has 0 saturated carbocycles. The Hall–Kier alpha value is -1.88. The summed E-state index contributed by atoms with van der Waals surface area (Å²) >= 11 is 0. The molecule has 0 rings (SSSR count). The highest BCUT2D eigenvalue weighted by Crippen LogP contribution is 2.17. The third-order valence-corrected chi connectivity index (χ3v) is 12.7. The van der Waals surface area contributed by atoms with E-state index in [4.69, 9.17) is 14.2 Å². The fraction of sp³-hybridized carbons (Fsp3) is 0.864. The average Bonchev–Trinajstić information content (AvgIpc) is 3.30. The van der Waals surface area contributed by atoms with Crippen LogP contribution in [0.5, 0.6) is 0 Å². The molecule has 0 unspecified atom stereocenters. The zero-order valence-electron chi connectivity index (χ0n) is 43.3. The van der Waals surface area contributed by atoms with Crippen molar-refractivity contribution in [3.8, 4) is 0 Å². The summed E-state index contributed by atoms with van der Waals surface area (Å²) < 4.78 is 17.5. The fourth-order valence-electron chi connectivity index (χ4n) is 8.44. The number of hydrogen-bond acceptors (Lipinski definition) is 5. The van der Waals surface area contributed by atoms with Crippen molar-refractivity contribution in [3.63, 3.8) is 0 Å². The molecule has 5 nitrogen and oxygen atoms in total. The number of rotatable bonds is 53. The number of allylic oxidation sites excluding steroid dienone is 6. The van der Waals surface area contributed by atoms with E-state index < -0.39 is 6.10 Å². The topological polar surface area (TPSA) is 61.8 Å². The summed E-state index contributed by atoms with van der Waals surface area (Å²) in [6, 6.07) is 0. The highest BCUT2D eigenvalue weighted by molar-refractivity contribution is 5.69. The number of unbranched alkanes of at least 4 members (excludes halogenated alkanes) is 36. The zero-order chi connectivity index (χ0) is 46.3. The van der Waals surface area contributed by atoms with Crippen LogP contribution in [-0.4, -0.2) is 37.9 Å². The third kappa shape index (κ3) is 52.7. The standard InChI is InChI=1S/C59H110O5/c1-4-7-10-13-16-19-22-25-28-30-32-35-38-41-44-47-50-53-59(61)64-56-57(62-54-51-48-45-42-39-36-33-29-26-23-20-17-14-11-8-5-2)55-63-58(60)52-49-46-43-40-37-34-31-27-24-21-18-15-12-9-6-3/h9,12,18,21,27,31,57H,4-8,10-11,13-17,19-20,22-26,28-30,32-56H2,1-3H3/b12-9-,21-18-,31-27-/t57-/m1/s1. The molecule has 0 aliphatic heterocycles. The number of carbonyl (C=O) groups excluding carboxylic acids is 2. The second-order valence-electron chi connectivity index (χ2n) is 19.2. The molecule has 0 saturated heterocycles. The van der Waals surface area contributed by atoms with E-state index in [0.717, 1.165) is 70.6 Å². The molecule has 0 aromatic heterocycles. The first-order valence-corrected chi connectivity index (χ1v) is 28.5. The molecule has 0 fully saturated rings. The van der Waals surface area contributed by atoms with Crippen molar-refractivity contribution in [2.75, 3.05) is 19.8 Å². The molecule has 0 aliphatic carbocycles. The van der Waals surface area contributed by atoms with Crippen LogP contribution < -0.4 is 0 Å². The van der Waals surface area contributed by atoms with Gasteiger partial charge in [-0.25, -0.2) is 0 Å². The second kappa shape index (κ2) is 55.4. The van der Waals surface area contributed by atoms with Gasteiger partial charge in [-0.1, -0.05) is 276 Å². The lowest BCUT2D eigenvalue weighted by molar-refractivity contribution is -0.155. The zero-order valence-corrected chi connectivity index (χ0v) is 43.3. The van der Waals surface area contributed by atoms with Crippen LogP contribution in [0.15, 0.2) is 36.5 Å². The van der Waals surface area contributed by atoms with Gasteiger partial charge in [-0.2, -0.15) is 0 Å². The van der Waals surface area contributed by atoms with Crippen LogP contribution in [0.2, 0.25) is 0 Å². The Kier molecular flexibility index (Phi) is 53.8. The third-order valence-electron chi connectivity index (χ3n) is 12.7. The quantitative estimate of drug-likeness (QED) is 0.0346. The molecule has 1 atom stereocenters. The first-order chi connectivity index (χ1) is 31.6. The summed E-state index contributed by atoms with van der Waals surface area (Å²) in [4.78, 5) is 25.3.